The van der Waals surface area contributed by atoms with Crippen LogP contribution < -0.4 is 19.5 Å². The van der Waals surface area contributed by atoms with Gasteiger partial charge in [0.05, 0.1) is 13.2 Å². The molecule has 9 nitrogen and oxygen atoms in total. The van der Waals surface area contributed by atoms with E-state index in [1.54, 1.807) is 32.0 Å². The Morgan fingerprint density at radius 3 is 2.46 bits per heavy atom. The van der Waals surface area contributed by atoms with E-state index in [1.165, 1.54) is 0 Å². The first-order valence-electron chi connectivity index (χ1n) is 8.85. The van der Waals surface area contributed by atoms with Gasteiger partial charge in [-0.2, -0.15) is 0 Å². The summed E-state index contributed by atoms with van der Waals surface area (Å²) in [6.45, 7) is 8.09. The second-order valence-electron chi connectivity index (χ2n) is 5.69. The first-order chi connectivity index (χ1) is 13.3. The molecule has 0 aliphatic carbocycles. The number of amides is 1. The van der Waals surface area contributed by atoms with E-state index >= 15 is 0 Å². The highest BCUT2D eigenvalue weighted by molar-refractivity contribution is 7.91. The highest BCUT2D eigenvalue weighted by atomic mass is 32.2. The average molecular weight is 429 g/mol. The summed E-state index contributed by atoms with van der Waals surface area (Å²) >= 11 is 0.792. The van der Waals surface area contributed by atoms with Crippen LogP contribution in [0.25, 0.3) is 0 Å². The molecule has 0 saturated heterocycles. The van der Waals surface area contributed by atoms with Gasteiger partial charge in [-0.25, -0.2) is 13.1 Å². The molecule has 1 aromatic heterocycles. The Kier molecular flexibility index (Phi) is 7.72. The molecule has 0 saturated carbocycles. The summed E-state index contributed by atoms with van der Waals surface area (Å²) < 4.78 is 38.6. The second kappa shape index (κ2) is 9.80. The fraction of sp³-hybridized carbons (Fsp3) is 0.471. The zero-order chi connectivity index (χ0) is 20.7. The number of aromatic nitrogens is 2. The Morgan fingerprint density at radius 2 is 1.82 bits per heavy atom. The van der Waals surface area contributed by atoms with Crippen LogP contribution in [0.3, 0.4) is 0 Å². The van der Waals surface area contributed by atoms with E-state index < -0.39 is 16.1 Å². The molecule has 1 heterocycles. The first-order valence-corrected chi connectivity index (χ1v) is 11.2. The van der Waals surface area contributed by atoms with Gasteiger partial charge < -0.3 is 14.8 Å². The Labute approximate surface area is 168 Å². The minimum absolute atomic E-state index is 0.138. The summed E-state index contributed by atoms with van der Waals surface area (Å²) in [5, 5.41) is 10.00. The van der Waals surface area contributed by atoms with Crippen molar-refractivity contribution in [3.05, 3.63) is 23.8 Å². The molecule has 0 radical (unpaired) electrons. The van der Waals surface area contributed by atoms with Gasteiger partial charge in [-0.05, 0) is 38.5 Å². The number of benzene rings is 1. The number of carbonyl (C=O) groups is 1. The summed E-state index contributed by atoms with van der Waals surface area (Å²) in [5.74, 6) is 0.885. The second-order valence-corrected chi connectivity index (χ2v) is 8.56. The maximum Gasteiger partial charge on any atom is 0.270 e. The summed E-state index contributed by atoms with van der Waals surface area (Å²) in [4.78, 5) is 11.4. The van der Waals surface area contributed by atoms with Gasteiger partial charge in [0.1, 0.15) is 0 Å². The van der Waals surface area contributed by atoms with Gasteiger partial charge in [0.15, 0.2) is 11.5 Å². The molecule has 0 aliphatic rings. The molecule has 0 spiro atoms. The van der Waals surface area contributed by atoms with E-state index in [9.17, 15) is 13.2 Å². The minimum Gasteiger partial charge on any atom is -0.490 e. The number of ether oxygens (including phenoxy) is 2. The molecule has 1 atom stereocenters. The van der Waals surface area contributed by atoms with Crippen molar-refractivity contribution in [1.29, 1.82) is 0 Å². The lowest BCUT2D eigenvalue weighted by atomic mass is 10.1. The molecule has 154 valence electrons. The normalized spacial score (nSPS) is 12.4. The van der Waals surface area contributed by atoms with Gasteiger partial charge in [-0.15, -0.1) is 10.2 Å². The number of carbonyl (C=O) groups excluding carboxylic acids is 1. The molecule has 0 fully saturated rings. The van der Waals surface area contributed by atoms with Gasteiger partial charge in [0.25, 0.3) is 10.0 Å². The molecule has 0 unspecified atom stereocenters. The van der Waals surface area contributed by atoms with E-state index in [0.717, 1.165) is 11.3 Å². The summed E-state index contributed by atoms with van der Waals surface area (Å²) in [7, 11) is -3.90. The first kappa shape index (κ1) is 22.1. The third-order valence-corrected chi connectivity index (χ3v) is 6.35. The number of anilines is 1. The maximum absolute atomic E-state index is 12.6. The standard InChI is InChI=1S/C17H24N4O5S2/c1-5-15(22)18-16-19-20-17(27-16)28(23,24)21-11(4)12-8-9-13(25-6-2)14(10-12)26-7-3/h8-11,21H,5-7H2,1-4H3,(H,18,19,22)/t11-/m0/s1. The topological polar surface area (TPSA) is 120 Å². The van der Waals surface area contributed by atoms with Crippen LogP contribution >= 0.6 is 11.3 Å². The van der Waals surface area contributed by atoms with Crippen molar-refractivity contribution in [2.75, 3.05) is 18.5 Å². The Morgan fingerprint density at radius 1 is 1.14 bits per heavy atom. The third kappa shape index (κ3) is 5.63. The summed E-state index contributed by atoms with van der Waals surface area (Å²) in [6, 6.07) is 4.72. The van der Waals surface area contributed by atoms with Crippen LogP contribution in [0, 0.1) is 0 Å². The van der Waals surface area contributed by atoms with Crippen molar-refractivity contribution < 1.29 is 22.7 Å². The van der Waals surface area contributed by atoms with E-state index in [-0.39, 0.29) is 21.8 Å². The van der Waals surface area contributed by atoms with Crippen molar-refractivity contribution in [2.45, 2.75) is 44.5 Å². The molecular weight excluding hydrogens is 404 g/mol. The lowest BCUT2D eigenvalue weighted by molar-refractivity contribution is -0.115. The molecule has 0 aliphatic heterocycles. The van der Waals surface area contributed by atoms with Crippen LogP contribution in [-0.4, -0.2) is 37.7 Å². The minimum atomic E-state index is -3.90. The van der Waals surface area contributed by atoms with E-state index in [0.29, 0.717) is 30.3 Å². The molecule has 28 heavy (non-hydrogen) atoms. The molecule has 11 heteroatoms. The number of hydrogen-bond acceptors (Lipinski definition) is 8. The monoisotopic (exact) mass is 428 g/mol. The van der Waals surface area contributed by atoms with Crippen LogP contribution in [-0.2, 0) is 14.8 Å². The zero-order valence-electron chi connectivity index (χ0n) is 16.2. The Bertz CT molecular complexity index is 914. The number of nitrogens with zero attached hydrogens (tertiary/aromatic N) is 2. The molecule has 1 aromatic carbocycles. The van der Waals surface area contributed by atoms with Gasteiger partial charge in [-0.3, -0.25) is 4.79 Å². The van der Waals surface area contributed by atoms with E-state index in [1.807, 2.05) is 13.8 Å². The lowest BCUT2D eigenvalue weighted by Crippen LogP contribution is -2.26. The van der Waals surface area contributed by atoms with Crippen molar-refractivity contribution in [2.24, 2.45) is 0 Å². The smallest absolute Gasteiger partial charge is 0.270 e. The van der Waals surface area contributed by atoms with Crippen molar-refractivity contribution >= 4 is 32.4 Å². The van der Waals surface area contributed by atoms with Crippen molar-refractivity contribution in [1.82, 2.24) is 14.9 Å². The van der Waals surface area contributed by atoms with Crippen molar-refractivity contribution in [3.8, 4) is 11.5 Å². The van der Waals surface area contributed by atoms with Gasteiger partial charge in [0.2, 0.25) is 15.4 Å². The lowest BCUT2D eigenvalue weighted by Gasteiger charge is -2.16. The number of sulfonamides is 1. The highest BCUT2D eigenvalue weighted by Crippen LogP contribution is 2.31. The molecule has 0 bridgehead atoms. The zero-order valence-corrected chi connectivity index (χ0v) is 17.8. The van der Waals surface area contributed by atoms with Crippen molar-refractivity contribution in [3.63, 3.8) is 0 Å². The van der Waals surface area contributed by atoms with Gasteiger partial charge >= 0.3 is 0 Å². The fourth-order valence-corrected chi connectivity index (χ4v) is 4.43. The van der Waals surface area contributed by atoms with E-state index in [4.69, 9.17) is 9.47 Å². The van der Waals surface area contributed by atoms with Crippen LogP contribution in [0.5, 0.6) is 11.5 Å². The van der Waals surface area contributed by atoms with Crippen LogP contribution in [0.15, 0.2) is 22.5 Å². The summed E-state index contributed by atoms with van der Waals surface area (Å²) in [6.07, 6.45) is 0.261. The highest BCUT2D eigenvalue weighted by Gasteiger charge is 2.24. The largest absolute Gasteiger partial charge is 0.490 e. The quantitative estimate of drug-likeness (QED) is 0.558. The molecule has 2 rings (SSSR count). The molecule has 2 aromatic rings. The number of rotatable bonds is 10. The molecule has 2 N–H and O–H groups in total. The number of nitrogens with one attached hydrogen (secondary N) is 2. The van der Waals surface area contributed by atoms with Crippen LogP contribution in [0.1, 0.15) is 45.7 Å². The van der Waals surface area contributed by atoms with Gasteiger partial charge in [0, 0.05) is 12.5 Å². The summed E-state index contributed by atoms with van der Waals surface area (Å²) in [5.41, 5.74) is 0.708. The number of hydrogen-bond donors (Lipinski definition) is 2. The Balaban J connectivity index is 2.17. The fourth-order valence-electron chi connectivity index (χ4n) is 2.26. The van der Waals surface area contributed by atoms with Crippen LogP contribution in [0.4, 0.5) is 5.13 Å². The molecule has 1 amide bonds. The Hall–Kier alpha value is -2.24. The predicted octanol–water partition coefficient (Wildman–Crippen LogP) is 2.72. The van der Waals surface area contributed by atoms with Gasteiger partial charge in [-0.1, -0.05) is 24.3 Å². The third-order valence-electron chi connectivity index (χ3n) is 3.60. The average Bonchev–Trinajstić information content (AvgIpc) is 3.12. The SMILES string of the molecule is CCOc1ccc([C@H](C)NS(=O)(=O)c2nnc(NC(=O)CC)s2)cc1OCC. The van der Waals surface area contributed by atoms with E-state index in [2.05, 4.69) is 20.2 Å². The predicted molar refractivity (Wildman–Crippen MR) is 106 cm³/mol. The van der Waals surface area contributed by atoms with Crippen LogP contribution in [0.2, 0.25) is 0 Å². The molecular formula is C17H24N4O5S2. The maximum atomic E-state index is 12.6.